The van der Waals surface area contributed by atoms with Crippen molar-refractivity contribution in [2.24, 2.45) is 11.8 Å². The number of carbonyl (C=O) groups excluding carboxylic acids is 1. The summed E-state index contributed by atoms with van der Waals surface area (Å²) in [6, 6.07) is 8.29. The second-order valence-electron chi connectivity index (χ2n) is 6.65. The number of thiazole rings is 1. The van der Waals surface area contributed by atoms with Crippen LogP contribution in [0.3, 0.4) is 0 Å². The highest BCUT2D eigenvalue weighted by Gasteiger charge is 2.41. The Kier molecular flexibility index (Phi) is 4.24. The zero-order valence-corrected chi connectivity index (χ0v) is 14.5. The molecule has 0 aliphatic carbocycles. The molecule has 2 atom stereocenters. The highest BCUT2D eigenvalue weighted by molar-refractivity contribution is 7.07. The summed E-state index contributed by atoms with van der Waals surface area (Å²) in [6.45, 7) is 4.83. The first-order chi connectivity index (χ1) is 11.7. The Morgan fingerprint density at radius 2 is 1.92 bits per heavy atom. The van der Waals surface area contributed by atoms with Gasteiger partial charge in [-0.2, -0.15) is 0 Å². The van der Waals surface area contributed by atoms with Crippen molar-refractivity contribution in [3.8, 4) is 5.75 Å². The quantitative estimate of drug-likeness (QED) is 0.855. The second-order valence-corrected chi connectivity index (χ2v) is 7.36. The largest absolute Gasteiger partial charge is 0.497 e. The van der Waals surface area contributed by atoms with Crippen LogP contribution in [0.1, 0.15) is 16.1 Å². The number of carbonyl (C=O) groups is 1. The first kappa shape index (κ1) is 15.6. The Morgan fingerprint density at radius 1 is 1.21 bits per heavy atom. The minimum absolute atomic E-state index is 0.0901. The molecule has 126 valence electrons. The van der Waals surface area contributed by atoms with Crippen molar-refractivity contribution < 1.29 is 9.53 Å². The minimum atomic E-state index is 0.0901. The summed E-state index contributed by atoms with van der Waals surface area (Å²) in [6.07, 6.45) is 0. The van der Waals surface area contributed by atoms with Gasteiger partial charge in [-0.15, -0.1) is 11.3 Å². The van der Waals surface area contributed by atoms with Crippen molar-refractivity contribution in [3.63, 3.8) is 0 Å². The zero-order chi connectivity index (χ0) is 16.5. The normalized spacial score (nSPS) is 23.5. The zero-order valence-electron chi connectivity index (χ0n) is 13.7. The molecule has 2 aliphatic rings. The number of benzene rings is 1. The molecular formula is C18H21N3O2S. The molecule has 2 aromatic rings. The predicted octanol–water partition coefficient (Wildman–Crippen LogP) is 2.36. The Bertz CT molecular complexity index is 688. The number of amides is 1. The van der Waals surface area contributed by atoms with Crippen LogP contribution in [0.15, 0.2) is 35.2 Å². The molecule has 1 aromatic carbocycles. The number of aromatic nitrogens is 1. The van der Waals surface area contributed by atoms with Crippen LogP contribution in [0, 0.1) is 11.8 Å². The van der Waals surface area contributed by atoms with Crippen molar-refractivity contribution in [3.05, 3.63) is 46.4 Å². The van der Waals surface area contributed by atoms with Crippen molar-refractivity contribution in [1.82, 2.24) is 14.8 Å². The number of nitrogens with zero attached hydrogens (tertiary/aromatic N) is 3. The van der Waals surface area contributed by atoms with Gasteiger partial charge in [-0.05, 0) is 29.5 Å². The predicted molar refractivity (Wildman–Crippen MR) is 93.3 cm³/mol. The molecule has 4 rings (SSSR count). The van der Waals surface area contributed by atoms with Crippen LogP contribution in [0.4, 0.5) is 0 Å². The fraction of sp³-hybridized carbons (Fsp3) is 0.444. The van der Waals surface area contributed by atoms with E-state index in [1.165, 1.54) is 16.9 Å². The van der Waals surface area contributed by atoms with E-state index in [1.807, 2.05) is 22.4 Å². The molecule has 2 saturated heterocycles. The van der Waals surface area contributed by atoms with Gasteiger partial charge in [0.05, 0.1) is 12.6 Å². The van der Waals surface area contributed by atoms with Gasteiger partial charge < -0.3 is 9.64 Å². The molecule has 0 saturated carbocycles. The third-order valence-corrected chi connectivity index (χ3v) is 5.65. The first-order valence-corrected chi connectivity index (χ1v) is 9.20. The van der Waals surface area contributed by atoms with Crippen LogP contribution in [-0.2, 0) is 6.54 Å². The minimum Gasteiger partial charge on any atom is -0.497 e. The number of ether oxygens (including phenoxy) is 1. The molecule has 0 N–H and O–H groups in total. The van der Waals surface area contributed by atoms with Crippen molar-refractivity contribution >= 4 is 17.2 Å². The van der Waals surface area contributed by atoms with Crippen LogP contribution in [0.5, 0.6) is 5.75 Å². The molecule has 2 aliphatic heterocycles. The van der Waals surface area contributed by atoms with Crippen LogP contribution in [-0.4, -0.2) is 54.0 Å². The molecule has 3 heterocycles. The van der Waals surface area contributed by atoms with Gasteiger partial charge in [0.25, 0.3) is 5.91 Å². The molecule has 0 radical (unpaired) electrons. The van der Waals surface area contributed by atoms with E-state index >= 15 is 0 Å². The average Bonchev–Trinajstić information content (AvgIpc) is 3.31. The number of fused-ring (bicyclic) bond motifs is 1. The maximum atomic E-state index is 12.4. The maximum absolute atomic E-state index is 12.4. The number of likely N-dealkylation sites (tertiary alicyclic amines) is 2. The monoisotopic (exact) mass is 343 g/mol. The maximum Gasteiger partial charge on any atom is 0.273 e. The van der Waals surface area contributed by atoms with E-state index < -0.39 is 0 Å². The fourth-order valence-electron chi connectivity index (χ4n) is 3.85. The van der Waals surface area contributed by atoms with Crippen LogP contribution >= 0.6 is 11.3 Å². The molecule has 24 heavy (non-hydrogen) atoms. The highest BCUT2D eigenvalue weighted by atomic mass is 32.1. The Labute approximate surface area is 145 Å². The van der Waals surface area contributed by atoms with Crippen LogP contribution in [0.25, 0.3) is 0 Å². The number of hydrogen-bond donors (Lipinski definition) is 0. The molecule has 0 bridgehead atoms. The molecule has 0 spiro atoms. The SMILES string of the molecule is COc1ccc(CN2C[C@H]3CN(C(=O)c4cscn4)C[C@@H]3C2)cc1. The summed E-state index contributed by atoms with van der Waals surface area (Å²) in [5.74, 6) is 2.16. The summed E-state index contributed by atoms with van der Waals surface area (Å²) >= 11 is 1.48. The molecule has 2 fully saturated rings. The summed E-state index contributed by atoms with van der Waals surface area (Å²) in [7, 11) is 1.69. The molecule has 0 unspecified atom stereocenters. The van der Waals surface area contributed by atoms with E-state index in [0.29, 0.717) is 17.5 Å². The van der Waals surface area contributed by atoms with E-state index in [1.54, 1.807) is 12.6 Å². The van der Waals surface area contributed by atoms with E-state index in [9.17, 15) is 4.79 Å². The van der Waals surface area contributed by atoms with Crippen LogP contribution < -0.4 is 4.74 Å². The van der Waals surface area contributed by atoms with Crippen molar-refractivity contribution in [2.75, 3.05) is 33.3 Å². The molecular weight excluding hydrogens is 322 g/mol. The summed E-state index contributed by atoms with van der Waals surface area (Å²) < 4.78 is 5.21. The first-order valence-electron chi connectivity index (χ1n) is 8.25. The Morgan fingerprint density at radius 3 is 2.50 bits per heavy atom. The van der Waals surface area contributed by atoms with Crippen molar-refractivity contribution in [2.45, 2.75) is 6.54 Å². The van der Waals surface area contributed by atoms with Gasteiger partial charge in [-0.3, -0.25) is 9.69 Å². The lowest BCUT2D eigenvalue weighted by molar-refractivity contribution is 0.0768. The smallest absolute Gasteiger partial charge is 0.273 e. The number of rotatable bonds is 4. The van der Waals surface area contributed by atoms with Gasteiger partial charge in [0, 0.05) is 38.1 Å². The molecule has 1 amide bonds. The second kappa shape index (κ2) is 6.53. The van der Waals surface area contributed by atoms with Crippen LogP contribution in [0.2, 0.25) is 0 Å². The topological polar surface area (TPSA) is 45.7 Å². The fourth-order valence-corrected chi connectivity index (χ4v) is 4.38. The van der Waals surface area contributed by atoms with Gasteiger partial charge >= 0.3 is 0 Å². The Balaban J connectivity index is 1.33. The highest BCUT2D eigenvalue weighted by Crippen LogP contribution is 2.32. The lowest BCUT2D eigenvalue weighted by Gasteiger charge is -2.21. The van der Waals surface area contributed by atoms with E-state index in [0.717, 1.165) is 38.5 Å². The molecule has 6 heteroatoms. The van der Waals surface area contributed by atoms with Gasteiger partial charge in [0.1, 0.15) is 11.4 Å². The van der Waals surface area contributed by atoms with E-state index in [4.69, 9.17) is 4.74 Å². The van der Waals surface area contributed by atoms with Gasteiger partial charge in [0.2, 0.25) is 0 Å². The summed E-state index contributed by atoms with van der Waals surface area (Å²) in [5.41, 5.74) is 3.63. The lowest BCUT2D eigenvalue weighted by Crippen LogP contribution is -2.33. The van der Waals surface area contributed by atoms with Crippen molar-refractivity contribution in [1.29, 1.82) is 0 Å². The lowest BCUT2D eigenvalue weighted by atomic mass is 10.0. The van der Waals surface area contributed by atoms with E-state index in [2.05, 4.69) is 22.0 Å². The summed E-state index contributed by atoms with van der Waals surface area (Å²) in [4.78, 5) is 21.0. The third kappa shape index (κ3) is 3.03. The van der Waals surface area contributed by atoms with Gasteiger partial charge in [-0.25, -0.2) is 4.98 Å². The van der Waals surface area contributed by atoms with Gasteiger partial charge in [0.15, 0.2) is 0 Å². The number of hydrogen-bond acceptors (Lipinski definition) is 5. The third-order valence-electron chi connectivity index (χ3n) is 5.07. The summed E-state index contributed by atoms with van der Waals surface area (Å²) in [5, 5.41) is 1.84. The molecule has 5 nitrogen and oxygen atoms in total. The molecule has 1 aromatic heterocycles. The van der Waals surface area contributed by atoms with E-state index in [-0.39, 0.29) is 5.91 Å². The standard InChI is InChI=1S/C18H21N3O2S/c1-23-16-4-2-13(3-5-16)6-20-7-14-9-21(10-15(14)8-20)18(22)17-11-24-12-19-17/h2-5,11-12,14-15H,6-10H2,1H3/t14-,15-/m0/s1. The Hall–Kier alpha value is -1.92. The average molecular weight is 343 g/mol. The number of methoxy groups -OCH3 is 1. The van der Waals surface area contributed by atoms with Gasteiger partial charge in [-0.1, -0.05) is 12.1 Å².